The maximum absolute atomic E-state index is 12.6. The van der Waals surface area contributed by atoms with E-state index in [1.165, 1.54) is 0 Å². The summed E-state index contributed by atoms with van der Waals surface area (Å²) in [6.45, 7) is 1.47. The highest BCUT2D eigenvalue weighted by atomic mass is 16.1. The summed E-state index contributed by atoms with van der Waals surface area (Å²) in [4.78, 5) is 27.5. The zero-order valence-electron chi connectivity index (χ0n) is 15.2. The number of imidazole rings is 1. The SMILES string of the molecule is N#Cc1ccccc1NC(=O)C1CCN(c2cc(-n3ccnc3)ncn2)CC1. The van der Waals surface area contributed by atoms with E-state index in [1.807, 2.05) is 22.9 Å². The van der Waals surface area contributed by atoms with Crippen molar-refractivity contribution in [3.8, 4) is 11.9 Å². The third kappa shape index (κ3) is 3.69. The third-order valence-corrected chi connectivity index (χ3v) is 4.90. The number of nitrogens with one attached hydrogen (secondary N) is 1. The van der Waals surface area contributed by atoms with Crippen LogP contribution >= 0.6 is 0 Å². The van der Waals surface area contributed by atoms with E-state index in [0.717, 1.165) is 37.6 Å². The first kappa shape index (κ1) is 17.7. The van der Waals surface area contributed by atoms with Gasteiger partial charge in [-0.3, -0.25) is 9.36 Å². The number of rotatable bonds is 4. The fourth-order valence-electron chi connectivity index (χ4n) is 3.34. The number of para-hydroxylation sites is 1. The molecule has 0 aliphatic carbocycles. The molecular weight excluding hydrogens is 354 g/mol. The summed E-state index contributed by atoms with van der Waals surface area (Å²) < 4.78 is 1.83. The predicted octanol–water partition coefficient (Wildman–Crippen LogP) is 2.39. The van der Waals surface area contributed by atoms with Gasteiger partial charge in [0.15, 0.2) is 0 Å². The van der Waals surface area contributed by atoms with E-state index < -0.39 is 0 Å². The highest BCUT2D eigenvalue weighted by Crippen LogP contribution is 2.24. The summed E-state index contributed by atoms with van der Waals surface area (Å²) in [6, 6.07) is 11.1. The molecule has 2 aromatic heterocycles. The van der Waals surface area contributed by atoms with Gasteiger partial charge in [-0.25, -0.2) is 15.0 Å². The van der Waals surface area contributed by atoms with Gasteiger partial charge in [-0.1, -0.05) is 12.1 Å². The Morgan fingerprint density at radius 1 is 1.18 bits per heavy atom. The standard InChI is InChI=1S/C20H19N7O/c21-12-16-3-1-2-4-17(16)25-20(28)15-5-8-26(9-6-15)18-11-19(24-13-23-18)27-10-7-22-14-27/h1-4,7,10-11,13-15H,5-6,8-9H2,(H,25,28). The number of hydrogen-bond acceptors (Lipinski definition) is 6. The third-order valence-electron chi connectivity index (χ3n) is 4.90. The van der Waals surface area contributed by atoms with Crippen LogP contribution in [0.2, 0.25) is 0 Å². The lowest BCUT2D eigenvalue weighted by atomic mass is 9.95. The van der Waals surface area contributed by atoms with Crippen molar-refractivity contribution >= 4 is 17.4 Å². The molecule has 1 N–H and O–H groups in total. The number of carbonyl (C=O) groups excluding carboxylic acids is 1. The number of amides is 1. The van der Waals surface area contributed by atoms with Crippen molar-refractivity contribution in [3.05, 3.63) is 60.9 Å². The van der Waals surface area contributed by atoms with Crippen LogP contribution in [0.1, 0.15) is 18.4 Å². The Morgan fingerprint density at radius 3 is 2.71 bits per heavy atom. The molecule has 4 rings (SSSR count). The van der Waals surface area contributed by atoms with Gasteiger partial charge in [-0.2, -0.15) is 5.26 Å². The van der Waals surface area contributed by atoms with Crippen LogP contribution in [0.3, 0.4) is 0 Å². The fourth-order valence-corrected chi connectivity index (χ4v) is 3.34. The monoisotopic (exact) mass is 373 g/mol. The Balaban J connectivity index is 1.39. The molecule has 0 spiro atoms. The number of anilines is 2. The van der Waals surface area contributed by atoms with Crippen molar-refractivity contribution in [1.82, 2.24) is 19.5 Å². The van der Waals surface area contributed by atoms with Crippen LogP contribution in [-0.4, -0.2) is 38.5 Å². The van der Waals surface area contributed by atoms with Gasteiger partial charge < -0.3 is 10.2 Å². The summed E-state index contributed by atoms with van der Waals surface area (Å²) >= 11 is 0. The molecule has 1 aliphatic heterocycles. The van der Waals surface area contributed by atoms with Gasteiger partial charge in [-0.15, -0.1) is 0 Å². The van der Waals surface area contributed by atoms with Gasteiger partial charge in [0, 0.05) is 37.5 Å². The van der Waals surface area contributed by atoms with Gasteiger partial charge in [0.25, 0.3) is 0 Å². The second kappa shape index (κ2) is 7.88. The zero-order valence-corrected chi connectivity index (χ0v) is 15.2. The maximum atomic E-state index is 12.6. The second-order valence-corrected chi connectivity index (χ2v) is 6.61. The van der Waals surface area contributed by atoms with E-state index in [-0.39, 0.29) is 11.8 Å². The van der Waals surface area contributed by atoms with Gasteiger partial charge in [0.2, 0.25) is 5.91 Å². The first-order chi connectivity index (χ1) is 13.7. The van der Waals surface area contributed by atoms with Crippen LogP contribution in [0.25, 0.3) is 5.82 Å². The molecule has 0 unspecified atom stereocenters. The predicted molar refractivity (Wildman–Crippen MR) is 104 cm³/mol. The molecule has 0 bridgehead atoms. The van der Waals surface area contributed by atoms with Crippen LogP contribution in [-0.2, 0) is 4.79 Å². The van der Waals surface area contributed by atoms with Crippen molar-refractivity contribution < 1.29 is 4.79 Å². The summed E-state index contributed by atoms with van der Waals surface area (Å²) in [5, 5.41) is 12.1. The summed E-state index contributed by atoms with van der Waals surface area (Å²) in [6.07, 6.45) is 8.23. The number of benzene rings is 1. The fraction of sp³-hybridized carbons (Fsp3) is 0.250. The molecule has 0 atom stereocenters. The van der Waals surface area contributed by atoms with E-state index in [9.17, 15) is 4.79 Å². The number of carbonyl (C=O) groups is 1. The molecule has 1 aliphatic rings. The van der Waals surface area contributed by atoms with Crippen molar-refractivity contribution in [2.24, 2.45) is 5.92 Å². The van der Waals surface area contributed by atoms with Crippen LogP contribution in [0.4, 0.5) is 11.5 Å². The minimum absolute atomic E-state index is 0.0378. The molecule has 8 heteroatoms. The topological polar surface area (TPSA) is 99.7 Å². The number of piperidine rings is 1. The van der Waals surface area contributed by atoms with Gasteiger partial charge in [0.05, 0.1) is 11.3 Å². The first-order valence-corrected chi connectivity index (χ1v) is 9.10. The lowest BCUT2D eigenvalue weighted by Gasteiger charge is -2.32. The first-order valence-electron chi connectivity index (χ1n) is 9.10. The second-order valence-electron chi connectivity index (χ2n) is 6.61. The molecule has 0 saturated carbocycles. The zero-order chi connectivity index (χ0) is 19.3. The van der Waals surface area contributed by atoms with Gasteiger partial charge >= 0.3 is 0 Å². The van der Waals surface area contributed by atoms with E-state index in [4.69, 9.17) is 5.26 Å². The molecule has 1 aromatic carbocycles. The van der Waals surface area contributed by atoms with Crippen LogP contribution in [0, 0.1) is 17.2 Å². The van der Waals surface area contributed by atoms with E-state index >= 15 is 0 Å². The summed E-state index contributed by atoms with van der Waals surface area (Å²) in [5.74, 6) is 1.48. The van der Waals surface area contributed by atoms with Gasteiger partial charge in [0.1, 0.15) is 30.4 Å². The molecule has 8 nitrogen and oxygen atoms in total. The Bertz CT molecular complexity index is 1000. The molecule has 0 radical (unpaired) electrons. The van der Waals surface area contributed by atoms with Gasteiger partial charge in [-0.05, 0) is 25.0 Å². The van der Waals surface area contributed by atoms with Crippen LogP contribution in [0.5, 0.6) is 0 Å². The van der Waals surface area contributed by atoms with E-state index in [1.54, 1.807) is 37.1 Å². The largest absolute Gasteiger partial charge is 0.356 e. The lowest BCUT2D eigenvalue weighted by molar-refractivity contribution is -0.120. The quantitative estimate of drug-likeness (QED) is 0.754. The Labute approximate surface area is 162 Å². The van der Waals surface area contributed by atoms with Crippen molar-refractivity contribution in [3.63, 3.8) is 0 Å². The average molecular weight is 373 g/mol. The molecule has 3 heterocycles. The number of hydrogen-bond donors (Lipinski definition) is 1. The highest BCUT2D eigenvalue weighted by molar-refractivity contribution is 5.93. The molecule has 1 fully saturated rings. The van der Waals surface area contributed by atoms with Crippen LogP contribution in [0.15, 0.2) is 55.4 Å². The summed E-state index contributed by atoms with van der Waals surface area (Å²) in [7, 11) is 0. The average Bonchev–Trinajstić information content (AvgIpc) is 3.29. The molecule has 1 amide bonds. The maximum Gasteiger partial charge on any atom is 0.227 e. The Morgan fingerprint density at radius 2 is 1.96 bits per heavy atom. The minimum atomic E-state index is -0.0852. The Kier molecular flexibility index (Phi) is 4.97. The van der Waals surface area contributed by atoms with E-state index in [0.29, 0.717) is 11.3 Å². The summed E-state index contributed by atoms with van der Waals surface area (Å²) in [5.41, 5.74) is 1.04. The smallest absolute Gasteiger partial charge is 0.227 e. The van der Waals surface area contributed by atoms with Crippen LogP contribution < -0.4 is 10.2 Å². The molecule has 1 saturated heterocycles. The number of nitrogens with zero attached hydrogens (tertiary/aromatic N) is 6. The van der Waals surface area contributed by atoms with E-state index in [2.05, 4.69) is 31.2 Å². The lowest BCUT2D eigenvalue weighted by Crippen LogP contribution is -2.38. The Hall–Kier alpha value is -3.73. The van der Waals surface area contributed by atoms with Crippen molar-refractivity contribution in [2.45, 2.75) is 12.8 Å². The molecule has 28 heavy (non-hydrogen) atoms. The normalized spacial score (nSPS) is 14.5. The molecule has 140 valence electrons. The van der Waals surface area contributed by atoms with Crippen molar-refractivity contribution in [1.29, 1.82) is 5.26 Å². The number of nitriles is 1. The molecular formula is C20H19N7O. The van der Waals surface area contributed by atoms with Crippen molar-refractivity contribution in [2.75, 3.05) is 23.3 Å². The minimum Gasteiger partial charge on any atom is -0.356 e. The highest BCUT2D eigenvalue weighted by Gasteiger charge is 2.26. The number of aromatic nitrogens is 4. The molecule has 3 aromatic rings.